The number of anilines is 1. The number of amides is 1. The van der Waals surface area contributed by atoms with Crippen LogP contribution in [0.4, 0.5) is 5.69 Å². The maximum absolute atomic E-state index is 13.3. The zero-order valence-corrected chi connectivity index (χ0v) is 20.1. The van der Waals surface area contributed by atoms with Gasteiger partial charge >= 0.3 is 0 Å². The topological polar surface area (TPSA) is 101 Å². The highest BCUT2D eigenvalue weighted by Gasteiger charge is 2.27. The molecule has 168 valence electrons. The molecule has 0 atom stereocenters. The summed E-state index contributed by atoms with van der Waals surface area (Å²) in [7, 11) is -2.50. The quantitative estimate of drug-likeness (QED) is 0.357. The number of hydrogen-bond acceptors (Lipinski definition) is 6. The molecule has 0 radical (unpaired) electrons. The van der Waals surface area contributed by atoms with E-state index >= 15 is 0 Å². The highest BCUT2D eigenvalue weighted by molar-refractivity contribution is 9.10. The summed E-state index contributed by atoms with van der Waals surface area (Å²) < 4.78 is 39.0. The molecule has 3 aromatic rings. The lowest BCUT2D eigenvalue weighted by Crippen LogP contribution is -2.39. The second-order valence-corrected chi connectivity index (χ2v) is 9.59. The first-order valence-corrected chi connectivity index (χ1v) is 11.8. The first-order chi connectivity index (χ1) is 15.2. The summed E-state index contributed by atoms with van der Waals surface area (Å²) >= 11 is 3.33. The minimum Gasteiger partial charge on any atom is -0.497 e. The van der Waals surface area contributed by atoms with Crippen LogP contribution in [0, 0.1) is 13.8 Å². The Morgan fingerprint density at radius 1 is 1.16 bits per heavy atom. The Balaban J connectivity index is 1.84. The summed E-state index contributed by atoms with van der Waals surface area (Å²) in [6, 6.07) is 14.5. The van der Waals surface area contributed by atoms with Crippen molar-refractivity contribution in [3.05, 3.63) is 76.2 Å². The molecule has 0 aliphatic rings. The summed E-state index contributed by atoms with van der Waals surface area (Å²) in [5.41, 5.74) is 3.58. The number of benzene rings is 2. The molecule has 8 nitrogen and oxygen atoms in total. The monoisotopic (exact) mass is 519 g/mol. The van der Waals surface area contributed by atoms with E-state index in [1.54, 1.807) is 49.4 Å². The largest absolute Gasteiger partial charge is 0.497 e. The number of ether oxygens (including phenoxy) is 1. The number of nitrogens with zero attached hydrogens (tertiary/aromatic N) is 2. The van der Waals surface area contributed by atoms with Crippen LogP contribution in [-0.4, -0.2) is 34.2 Å². The normalized spacial score (nSPS) is 11.5. The Morgan fingerprint density at radius 3 is 2.38 bits per heavy atom. The van der Waals surface area contributed by atoms with Gasteiger partial charge in [0.15, 0.2) is 0 Å². The lowest BCUT2D eigenvalue weighted by atomic mass is 10.2. The molecule has 3 rings (SSSR count). The van der Waals surface area contributed by atoms with E-state index in [0.29, 0.717) is 23.0 Å². The SMILES string of the molecule is COc1ccc(N(CC(=O)N/N=C\c2cc(Br)c(C)o2)S(=O)(=O)c2ccc(C)cc2)cc1. The molecule has 0 spiro atoms. The molecule has 2 aromatic carbocycles. The van der Waals surface area contributed by atoms with Crippen LogP contribution in [0.25, 0.3) is 0 Å². The van der Waals surface area contributed by atoms with Gasteiger partial charge in [0.1, 0.15) is 23.8 Å². The van der Waals surface area contributed by atoms with E-state index in [-0.39, 0.29) is 4.90 Å². The third-order valence-electron chi connectivity index (χ3n) is 4.51. The molecule has 0 saturated carbocycles. The summed E-state index contributed by atoms with van der Waals surface area (Å²) in [5.74, 6) is 1.06. The molecule has 10 heteroatoms. The molecule has 0 fully saturated rings. The van der Waals surface area contributed by atoms with E-state index in [1.807, 2.05) is 6.92 Å². The molecule has 0 saturated heterocycles. The molecule has 0 aliphatic heterocycles. The van der Waals surface area contributed by atoms with E-state index in [0.717, 1.165) is 14.3 Å². The van der Waals surface area contributed by atoms with Crippen molar-refractivity contribution in [2.24, 2.45) is 5.10 Å². The number of aryl methyl sites for hydroxylation is 2. The number of nitrogens with one attached hydrogen (secondary N) is 1. The number of furan rings is 1. The number of methoxy groups -OCH3 is 1. The smallest absolute Gasteiger partial charge is 0.264 e. The molecular weight excluding hydrogens is 498 g/mol. The predicted molar refractivity (Wildman–Crippen MR) is 126 cm³/mol. The summed E-state index contributed by atoms with van der Waals surface area (Å²) in [4.78, 5) is 12.6. The van der Waals surface area contributed by atoms with Crippen molar-refractivity contribution in [1.82, 2.24) is 5.43 Å². The molecular formula is C22H22BrN3O5S. The lowest BCUT2D eigenvalue weighted by molar-refractivity contribution is -0.119. The van der Waals surface area contributed by atoms with E-state index < -0.39 is 22.5 Å². The van der Waals surface area contributed by atoms with Crippen molar-refractivity contribution >= 4 is 43.8 Å². The Hall–Kier alpha value is -3.11. The van der Waals surface area contributed by atoms with Gasteiger partial charge in [0.05, 0.1) is 28.4 Å². The lowest BCUT2D eigenvalue weighted by Gasteiger charge is -2.24. The fourth-order valence-corrected chi connectivity index (χ4v) is 4.51. The molecule has 0 aliphatic carbocycles. The number of carbonyl (C=O) groups excluding carboxylic acids is 1. The fraction of sp³-hybridized carbons (Fsp3) is 0.182. The first kappa shape index (κ1) is 23.6. The van der Waals surface area contributed by atoms with E-state index in [9.17, 15) is 13.2 Å². The molecule has 0 bridgehead atoms. The number of sulfonamides is 1. The van der Waals surface area contributed by atoms with Gasteiger partial charge in [-0.15, -0.1) is 0 Å². The van der Waals surface area contributed by atoms with Gasteiger partial charge in [-0.1, -0.05) is 17.7 Å². The third-order valence-corrected chi connectivity index (χ3v) is 7.09. The van der Waals surface area contributed by atoms with Crippen molar-refractivity contribution in [2.45, 2.75) is 18.7 Å². The Morgan fingerprint density at radius 2 is 1.81 bits per heavy atom. The summed E-state index contributed by atoms with van der Waals surface area (Å²) in [6.45, 7) is 3.17. The van der Waals surface area contributed by atoms with Crippen LogP contribution in [0.15, 0.2) is 73.5 Å². The van der Waals surface area contributed by atoms with Crippen LogP contribution in [0.3, 0.4) is 0 Å². The van der Waals surface area contributed by atoms with Gasteiger partial charge in [-0.2, -0.15) is 5.10 Å². The number of hydrogen-bond donors (Lipinski definition) is 1. The molecule has 32 heavy (non-hydrogen) atoms. The van der Waals surface area contributed by atoms with Crippen LogP contribution in [0.2, 0.25) is 0 Å². The second kappa shape index (κ2) is 10.0. The van der Waals surface area contributed by atoms with Crippen molar-refractivity contribution < 1.29 is 22.4 Å². The second-order valence-electron chi connectivity index (χ2n) is 6.87. The Bertz CT molecular complexity index is 1200. The van der Waals surface area contributed by atoms with Gasteiger partial charge in [0, 0.05) is 6.07 Å². The van der Waals surface area contributed by atoms with Crippen molar-refractivity contribution in [3.8, 4) is 5.75 Å². The van der Waals surface area contributed by atoms with Crippen LogP contribution in [0.5, 0.6) is 5.75 Å². The van der Waals surface area contributed by atoms with Gasteiger partial charge in [-0.25, -0.2) is 13.8 Å². The van der Waals surface area contributed by atoms with Crippen LogP contribution in [0.1, 0.15) is 17.1 Å². The van der Waals surface area contributed by atoms with Crippen LogP contribution < -0.4 is 14.5 Å². The third kappa shape index (κ3) is 5.57. The Labute approximate surface area is 195 Å². The average molecular weight is 520 g/mol. The molecule has 1 heterocycles. The number of rotatable bonds is 8. The first-order valence-electron chi connectivity index (χ1n) is 9.52. The number of halogens is 1. The van der Waals surface area contributed by atoms with Crippen molar-refractivity contribution in [1.29, 1.82) is 0 Å². The van der Waals surface area contributed by atoms with Crippen molar-refractivity contribution in [2.75, 3.05) is 18.0 Å². The minimum atomic E-state index is -4.01. The zero-order valence-electron chi connectivity index (χ0n) is 17.7. The number of carbonyl (C=O) groups is 1. The molecule has 1 N–H and O–H groups in total. The van der Waals surface area contributed by atoms with Crippen LogP contribution in [-0.2, 0) is 14.8 Å². The van der Waals surface area contributed by atoms with Gasteiger partial charge < -0.3 is 9.15 Å². The highest BCUT2D eigenvalue weighted by atomic mass is 79.9. The molecule has 1 amide bonds. The van der Waals surface area contributed by atoms with E-state index in [2.05, 4.69) is 26.5 Å². The molecule has 1 aromatic heterocycles. The molecule has 0 unspecified atom stereocenters. The average Bonchev–Trinajstić information content (AvgIpc) is 3.09. The van der Waals surface area contributed by atoms with Gasteiger partial charge in [-0.05, 0) is 66.2 Å². The highest BCUT2D eigenvalue weighted by Crippen LogP contribution is 2.26. The van der Waals surface area contributed by atoms with Crippen LogP contribution >= 0.6 is 15.9 Å². The fourth-order valence-electron chi connectivity index (χ4n) is 2.78. The Kier molecular flexibility index (Phi) is 7.37. The van der Waals surface area contributed by atoms with Crippen molar-refractivity contribution in [3.63, 3.8) is 0 Å². The maximum atomic E-state index is 13.3. The zero-order chi connectivity index (χ0) is 23.3. The summed E-state index contributed by atoms with van der Waals surface area (Å²) in [6.07, 6.45) is 1.34. The summed E-state index contributed by atoms with van der Waals surface area (Å²) in [5, 5.41) is 3.86. The van der Waals surface area contributed by atoms with E-state index in [1.165, 1.54) is 25.5 Å². The van der Waals surface area contributed by atoms with E-state index in [4.69, 9.17) is 9.15 Å². The standard InChI is InChI=1S/C22H22BrN3O5S/c1-15-4-10-20(11-5-15)32(28,29)26(17-6-8-18(30-3)9-7-17)14-22(27)25-24-13-19-12-21(23)16(2)31-19/h4-13H,14H2,1-3H3,(H,25,27)/b24-13-. The van der Waals surface area contributed by atoms with Gasteiger partial charge in [-0.3, -0.25) is 9.10 Å². The van der Waals surface area contributed by atoms with Gasteiger partial charge in [0.2, 0.25) is 0 Å². The minimum absolute atomic E-state index is 0.0751. The maximum Gasteiger partial charge on any atom is 0.264 e. The van der Waals surface area contributed by atoms with Gasteiger partial charge in [0.25, 0.3) is 15.9 Å². The number of hydrazone groups is 1. The predicted octanol–water partition coefficient (Wildman–Crippen LogP) is 4.01.